The van der Waals surface area contributed by atoms with Gasteiger partial charge < -0.3 is 10.1 Å². The molecule has 1 N–H and O–H groups in total. The first kappa shape index (κ1) is 12.0. The second-order valence-electron chi connectivity index (χ2n) is 5.32. The number of fused-ring (bicyclic) bond motifs is 1. The Morgan fingerprint density at radius 3 is 3.06 bits per heavy atom. The van der Waals surface area contributed by atoms with E-state index >= 15 is 0 Å². The van der Waals surface area contributed by atoms with Crippen LogP contribution in [0.5, 0.6) is 0 Å². The number of hydrogen-bond acceptors (Lipinski definition) is 3. The number of nitrogens with one attached hydrogen (secondary N) is 1. The van der Waals surface area contributed by atoms with E-state index in [1.807, 2.05) is 0 Å². The summed E-state index contributed by atoms with van der Waals surface area (Å²) in [5, 5.41) is 3.53. The average Bonchev–Trinajstić information content (AvgIpc) is 3.12. The fraction of sp³-hybridized carbons (Fsp3) is 0.600. The minimum atomic E-state index is 0.789. The van der Waals surface area contributed by atoms with E-state index in [9.17, 15) is 0 Å². The lowest BCUT2D eigenvalue weighted by atomic mass is 10.1. The molecule has 1 aromatic carbocycles. The van der Waals surface area contributed by atoms with Crippen molar-refractivity contribution in [2.24, 2.45) is 0 Å². The molecule has 0 unspecified atom stereocenters. The van der Waals surface area contributed by atoms with Crippen molar-refractivity contribution in [3.8, 4) is 0 Å². The third-order valence-electron chi connectivity index (χ3n) is 3.95. The molecule has 1 saturated carbocycles. The molecule has 1 heterocycles. The highest BCUT2D eigenvalue weighted by Crippen LogP contribution is 2.32. The van der Waals surface area contributed by atoms with Gasteiger partial charge in [-0.3, -0.25) is 4.90 Å². The van der Waals surface area contributed by atoms with Gasteiger partial charge in [-0.05, 0) is 30.4 Å². The minimum absolute atomic E-state index is 0.789. The molecule has 2 aliphatic rings. The van der Waals surface area contributed by atoms with Crippen molar-refractivity contribution in [2.45, 2.75) is 31.8 Å². The Kier molecular flexibility index (Phi) is 3.52. The van der Waals surface area contributed by atoms with Gasteiger partial charge in [0.05, 0.1) is 6.61 Å². The van der Waals surface area contributed by atoms with Gasteiger partial charge in [0.2, 0.25) is 0 Å². The maximum absolute atomic E-state index is 5.22. The van der Waals surface area contributed by atoms with E-state index in [1.54, 1.807) is 7.11 Å². The van der Waals surface area contributed by atoms with E-state index in [-0.39, 0.29) is 0 Å². The van der Waals surface area contributed by atoms with Crippen LogP contribution in [0, 0.1) is 0 Å². The van der Waals surface area contributed by atoms with Crippen molar-refractivity contribution in [1.29, 1.82) is 0 Å². The maximum atomic E-state index is 5.22. The molecule has 0 atom stereocenters. The second kappa shape index (κ2) is 5.29. The van der Waals surface area contributed by atoms with Crippen LogP contribution in [0.1, 0.15) is 24.0 Å². The Labute approximate surface area is 109 Å². The van der Waals surface area contributed by atoms with Gasteiger partial charge in [0.1, 0.15) is 0 Å². The van der Waals surface area contributed by atoms with Crippen LogP contribution in [0.3, 0.4) is 0 Å². The highest BCUT2D eigenvalue weighted by Gasteiger charge is 2.29. The van der Waals surface area contributed by atoms with Gasteiger partial charge in [-0.2, -0.15) is 0 Å². The standard InChI is InChI=1S/C15H22N2O/c1-18-10-9-17(14-5-6-14)11-13-4-2-3-12-7-8-16-15(12)13/h2-4,14,16H,5-11H2,1H3. The van der Waals surface area contributed by atoms with Crippen LogP contribution in [0.4, 0.5) is 5.69 Å². The fourth-order valence-corrected chi connectivity index (χ4v) is 2.80. The smallest absolute Gasteiger partial charge is 0.0589 e. The Bertz CT molecular complexity index is 415. The predicted octanol–water partition coefficient (Wildman–Crippen LogP) is 2.27. The zero-order valence-electron chi connectivity index (χ0n) is 11.1. The molecular weight excluding hydrogens is 224 g/mol. The summed E-state index contributed by atoms with van der Waals surface area (Å²) in [6.45, 7) is 4.03. The summed E-state index contributed by atoms with van der Waals surface area (Å²) >= 11 is 0. The SMILES string of the molecule is COCCN(Cc1cccc2c1NCC2)C1CC1. The normalized spacial score (nSPS) is 17.9. The highest BCUT2D eigenvalue weighted by molar-refractivity contribution is 5.61. The van der Waals surface area contributed by atoms with Crippen molar-refractivity contribution < 1.29 is 4.74 Å². The van der Waals surface area contributed by atoms with Crippen LogP contribution in [-0.4, -0.2) is 37.7 Å². The number of nitrogens with zero attached hydrogens (tertiary/aromatic N) is 1. The Morgan fingerprint density at radius 1 is 1.39 bits per heavy atom. The molecule has 1 aromatic rings. The summed E-state index contributed by atoms with van der Waals surface area (Å²) in [5.41, 5.74) is 4.32. The van der Waals surface area contributed by atoms with Gasteiger partial charge in [0.25, 0.3) is 0 Å². The molecule has 3 heteroatoms. The van der Waals surface area contributed by atoms with Gasteiger partial charge in [-0.25, -0.2) is 0 Å². The predicted molar refractivity (Wildman–Crippen MR) is 73.9 cm³/mol. The van der Waals surface area contributed by atoms with Crippen LogP contribution in [0.2, 0.25) is 0 Å². The second-order valence-corrected chi connectivity index (χ2v) is 5.32. The number of benzene rings is 1. The molecule has 0 radical (unpaired) electrons. The molecule has 1 fully saturated rings. The molecule has 0 saturated heterocycles. The molecule has 98 valence electrons. The first-order valence-corrected chi connectivity index (χ1v) is 6.96. The van der Waals surface area contributed by atoms with Crippen molar-refractivity contribution in [2.75, 3.05) is 32.1 Å². The topological polar surface area (TPSA) is 24.5 Å². The van der Waals surface area contributed by atoms with Gasteiger partial charge in [0.15, 0.2) is 0 Å². The zero-order chi connectivity index (χ0) is 12.4. The molecule has 0 spiro atoms. The molecule has 3 rings (SSSR count). The molecule has 1 aliphatic carbocycles. The van der Waals surface area contributed by atoms with Crippen molar-refractivity contribution in [1.82, 2.24) is 4.90 Å². The summed E-state index contributed by atoms with van der Waals surface area (Å²) in [4.78, 5) is 2.57. The number of rotatable bonds is 6. The number of para-hydroxylation sites is 1. The Morgan fingerprint density at radius 2 is 2.28 bits per heavy atom. The molecular formula is C15H22N2O. The monoisotopic (exact) mass is 246 g/mol. The molecule has 0 bridgehead atoms. The summed E-state index contributed by atoms with van der Waals surface area (Å²) in [5.74, 6) is 0. The van der Waals surface area contributed by atoms with Gasteiger partial charge in [0, 0.05) is 38.5 Å². The van der Waals surface area contributed by atoms with E-state index in [4.69, 9.17) is 4.74 Å². The fourth-order valence-electron chi connectivity index (χ4n) is 2.80. The third-order valence-corrected chi connectivity index (χ3v) is 3.95. The zero-order valence-corrected chi connectivity index (χ0v) is 11.1. The minimum Gasteiger partial charge on any atom is -0.384 e. The molecule has 18 heavy (non-hydrogen) atoms. The molecule has 0 amide bonds. The van der Waals surface area contributed by atoms with Gasteiger partial charge in [-0.1, -0.05) is 18.2 Å². The van der Waals surface area contributed by atoms with E-state index in [1.165, 1.54) is 36.1 Å². The van der Waals surface area contributed by atoms with Crippen molar-refractivity contribution in [3.63, 3.8) is 0 Å². The van der Waals surface area contributed by atoms with Crippen molar-refractivity contribution in [3.05, 3.63) is 29.3 Å². The van der Waals surface area contributed by atoms with Gasteiger partial charge in [-0.15, -0.1) is 0 Å². The quantitative estimate of drug-likeness (QED) is 0.833. The van der Waals surface area contributed by atoms with E-state index in [2.05, 4.69) is 28.4 Å². The van der Waals surface area contributed by atoms with Crippen LogP contribution in [0.15, 0.2) is 18.2 Å². The van der Waals surface area contributed by atoms with Crippen LogP contribution in [0.25, 0.3) is 0 Å². The number of anilines is 1. The van der Waals surface area contributed by atoms with Crippen LogP contribution >= 0.6 is 0 Å². The van der Waals surface area contributed by atoms with Crippen molar-refractivity contribution >= 4 is 5.69 Å². The highest BCUT2D eigenvalue weighted by atomic mass is 16.5. The lowest BCUT2D eigenvalue weighted by molar-refractivity contribution is 0.140. The lowest BCUT2D eigenvalue weighted by Gasteiger charge is -2.23. The van der Waals surface area contributed by atoms with E-state index in [0.29, 0.717) is 0 Å². The van der Waals surface area contributed by atoms with E-state index < -0.39 is 0 Å². The number of hydrogen-bond donors (Lipinski definition) is 1. The first-order valence-electron chi connectivity index (χ1n) is 6.96. The summed E-state index contributed by atoms with van der Waals surface area (Å²) in [6.07, 6.45) is 3.88. The lowest BCUT2D eigenvalue weighted by Crippen LogP contribution is -2.29. The molecule has 1 aliphatic heterocycles. The maximum Gasteiger partial charge on any atom is 0.0589 e. The summed E-state index contributed by atoms with van der Waals surface area (Å²) < 4.78 is 5.22. The van der Waals surface area contributed by atoms with Gasteiger partial charge >= 0.3 is 0 Å². The van der Waals surface area contributed by atoms with E-state index in [0.717, 1.165) is 32.3 Å². The van der Waals surface area contributed by atoms with Crippen LogP contribution in [-0.2, 0) is 17.7 Å². The third kappa shape index (κ3) is 2.52. The first-order chi connectivity index (χ1) is 8.88. The average molecular weight is 246 g/mol. The number of ether oxygens (including phenoxy) is 1. The Balaban J connectivity index is 1.72. The summed E-state index contributed by atoms with van der Waals surface area (Å²) in [7, 11) is 1.78. The number of methoxy groups -OCH3 is 1. The molecule has 3 nitrogen and oxygen atoms in total. The Hall–Kier alpha value is -1.06. The summed E-state index contributed by atoms with van der Waals surface area (Å²) in [6, 6.07) is 7.49. The largest absolute Gasteiger partial charge is 0.384 e. The van der Waals surface area contributed by atoms with Crippen LogP contribution < -0.4 is 5.32 Å². The molecule has 0 aromatic heterocycles.